The standard InChI is InChI=1S/C22H28ClNO3/c1-4-25-19-7-5-6-8-20(19)27-22(17-9-11-18(23)12-10-17)21-15-24(16(2)3)13-14-26-21/h5-12,16,21-22H,4,13-15H2,1-3H3. The Hall–Kier alpha value is -1.75. The van der Waals surface area contributed by atoms with Gasteiger partial charge in [-0.2, -0.15) is 0 Å². The third-order valence-electron chi connectivity index (χ3n) is 4.79. The van der Waals surface area contributed by atoms with E-state index in [0.29, 0.717) is 24.3 Å². The summed E-state index contributed by atoms with van der Waals surface area (Å²) in [5.41, 5.74) is 1.04. The summed E-state index contributed by atoms with van der Waals surface area (Å²) in [6, 6.07) is 16.1. The summed E-state index contributed by atoms with van der Waals surface area (Å²) in [5.74, 6) is 1.47. The first-order valence-electron chi connectivity index (χ1n) is 9.58. The lowest BCUT2D eigenvalue weighted by Gasteiger charge is -2.39. The number of halogens is 1. The lowest BCUT2D eigenvalue weighted by atomic mass is 10.0. The van der Waals surface area contributed by atoms with Gasteiger partial charge in [-0.1, -0.05) is 35.9 Å². The first-order chi connectivity index (χ1) is 13.1. The van der Waals surface area contributed by atoms with Crippen molar-refractivity contribution in [2.75, 3.05) is 26.3 Å². The lowest BCUT2D eigenvalue weighted by Crippen LogP contribution is -2.48. The van der Waals surface area contributed by atoms with Gasteiger partial charge >= 0.3 is 0 Å². The van der Waals surface area contributed by atoms with Gasteiger partial charge in [0.2, 0.25) is 0 Å². The minimum Gasteiger partial charge on any atom is -0.490 e. The molecule has 0 saturated carbocycles. The second-order valence-corrected chi connectivity index (χ2v) is 7.40. The van der Waals surface area contributed by atoms with Crippen LogP contribution in [0.25, 0.3) is 0 Å². The Morgan fingerprint density at radius 2 is 1.81 bits per heavy atom. The first kappa shape index (κ1) is 20.0. The molecule has 146 valence electrons. The SMILES string of the molecule is CCOc1ccccc1OC(c1ccc(Cl)cc1)C1CN(C(C)C)CCO1. The zero-order chi connectivity index (χ0) is 19.2. The normalized spacial score (nSPS) is 19.1. The molecule has 3 rings (SSSR count). The quantitative estimate of drug-likeness (QED) is 0.669. The molecule has 5 heteroatoms. The Balaban J connectivity index is 1.89. The van der Waals surface area contributed by atoms with Crippen LogP contribution < -0.4 is 9.47 Å². The molecule has 1 heterocycles. The highest BCUT2D eigenvalue weighted by atomic mass is 35.5. The summed E-state index contributed by atoms with van der Waals surface area (Å²) in [6.07, 6.45) is -0.317. The zero-order valence-electron chi connectivity index (χ0n) is 16.2. The molecule has 1 fully saturated rings. The number of hydrogen-bond donors (Lipinski definition) is 0. The molecule has 0 bridgehead atoms. The fourth-order valence-corrected chi connectivity index (χ4v) is 3.44. The van der Waals surface area contributed by atoms with E-state index in [0.717, 1.165) is 30.2 Å². The lowest BCUT2D eigenvalue weighted by molar-refractivity contribution is -0.0889. The summed E-state index contributed by atoms with van der Waals surface area (Å²) in [6.45, 7) is 9.45. The van der Waals surface area contributed by atoms with Crippen LogP contribution in [0, 0.1) is 0 Å². The monoisotopic (exact) mass is 389 g/mol. The van der Waals surface area contributed by atoms with Crippen LogP contribution in [0.2, 0.25) is 5.02 Å². The molecule has 4 nitrogen and oxygen atoms in total. The smallest absolute Gasteiger partial charge is 0.162 e. The number of hydrogen-bond acceptors (Lipinski definition) is 4. The fraction of sp³-hybridized carbons (Fsp3) is 0.455. The van der Waals surface area contributed by atoms with Crippen LogP contribution in [-0.4, -0.2) is 43.3 Å². The minimum absolute atomic E-state index is 0.0722. The Morgan fingerprint density at radius 1 is 1.11 bits per heavy atom. The third kappa shape index (κ3) is 5.16. The minimum atomic E-state index is -0.245. The second kappa shape index (κ2) is 9.45. The van der Waals surface area contributed by atoms with Crippen molar-refractivity contribution < 1.29 is 14.2 Å². The summed E-state index contributed by atoms with van der Waals surface area (Å²) < 4.78 is 18.4. The Bertz CT molecular complexity index is 720. The summed E-state index contributed by atoms with van der Waals surface area (Å²) >= 11 is 6.09. The number of nitrogens with zero attached hydrogens (tertiary/aromatic N) is 1. The van der Waals surface area contributed by atoms with Crippen LogP contribution in [0.1, 0.15) is 32.4 Å². The van der Waals surface area contributed by atoms with Gasteiger partial charge in [-0.25, -0.2) is 0 Å². The van der Waals surface area contributed by atoms with E-state index in [1.807, 2.05) is 55.5 Å². The van der Waals surface area contributed by atoms with Crippen molar-refractivity contribution in [3.63, 3.8) is 0 Å². The largest absolute Gasteiger partial charge is 0.490 e. The van der Waals surface area contributed by atoms with Crippen molar-refractivity contribution in [1.82, 2.24) is 4.90 Å². The predicted molar refractivity (Wildman–Crippen MR) is 109 cm³/mol. The highest BCUT2D eigenvalue weighted by Crippen LogP contribution is 2.34. The van der Waals surface area contributed by atoms with Gasteiger partial charge in [-0.15, -0.1) is 0 Å². The molecule has 1 aliphatic rings. The molecule has 0 spiro atoms. The maximum absolute atomic E-state index is 6.47. The number of ether oxygens (including phenoxy) is 3. The first-order valence-corrected chi connectivity index (χ1v) is 9.96. The molecule has 0 aromatic heterocycles. The van der Waals surface area contributed by atoms with Crippen LogP contribution in [0.4, 0.5) is 0 Å². The van der Waals surface area contributed by atoms with Gasteiger partial charge in [0, 0.05) is 24.2 Å². The van der Waals surface area contributed by atoms with Crippen molar-refractivity contribution >= 4 is 11.6 Å². The molecule has 0 aliphatic carbocycles. The number of para-hydroxylation sites is 2. The zero-order valence-corrected chi connectivity index (χ0v) is 17.0. The molecule has 1 aliphatic heterocycles. The van der Waals surface area contributed by atoms with E-state index in [-0.39, 0.29) is 12.2 Å². The molecule has 2 unspecified atom stereocenters. The average Bonchev–Trinajstić information content (AvgIpc) is 2.68. The van der Waals surface area contributed by atoms with Gasteiger partial charge in [0.25, 0.3) is 0 Å². The maximum Gasteiger partial charge on any atom is 0.162 e. The number of rotatable bonds is 7. The van der Waals surface area contributed by atoms with Crippen LogP contribution >= 0.6 is 11.6 Å². The van der Waals surface area contributed by atoms with Crippen LogP contribution in [0.5, 0.6) is 11.5 Å². The van der Waals surface area contributed by atoms with Crippen LogP contribution in [-0.2, 0) is 4.74 Å². The van der Waals surface area contributed by atoms with E-state index < -0.39 is 0 Å². The fourth-order valence-electron chi connectivity index (χ4n) is 3.32. The van der Waals surface area contributed by atoms with Gasteiger partial charge in [0.1, 0.15) is 6.10 Å². The number of morpholine rings is 1. The van der Waals surface area contributed by atoms with Crippen molar-refractivity contribution in [2.45, 2.75) is 39.0 Å². The van der Waals surface area contributed by atoms with Crippen molar-refractivity contribution in [1.29, 1.82) is 0 Å². The summed E-state index contributed by atoms with van der Waals surface area (Å²) in [4.78, 5) is 2.43. The molecule has 2 atom stereocenters. The van der Waals surface area contributed by atoms with E-state index in [1.54, 1.807) is 0 Å². The molecule has 2 aromatic rings. The molecular weight excluding hydrogens is 362 g/mol. The topological polar surface area (TPSA) is 30.9 Å². The molecule has 0 radical (unpaired) electrons. The predicted octanol–water partition coefficient (Wildman–Crippen LogP) is 4.97. The van der Waals surface area contributed by atoms with E-state index >= 15 is 0 Å². The van der Waals surface area contributed by atoms with Gasteiger partial charge in [0.15, 0.2) is 17.6 Å². The van der Waals surface area contributed by atoms with E-state index in [4.69, 9.17) is 25.8 Å². The van der Waals surface area contributed by atoms with Gasteiger partial charge in [-0.3, -0.25) is 4.90 Å². The van der Waals surface area contributed by atoms with Crippen molar-refractivity contribution in [2.24, 2.45) is 0 Å². The van der Waals surface area contributed by atoms with Gasteiger partial charge < -0.3 is 14.2 Å². The Morgan fingerprint density at radius 3 is 2.48 bits per heavy atom. The number of benzene rings is 2. The van der Waals surface area contributed by atoms with Gasteiger partial charge in [-0.05, 0) is 50.6 Å². The Labute approximate surface area is 167 Å². The maximum atomic E-state index is 6.47. The molecular formula is C22H28ClNO3. The molecule has 0 amide bonds. The molecule has 1 saturated heterocycles. The van der Waals surface area contributed by atoms with Crippen molar-refractivity contribution in [3.05, 3.63) is 59.1 Å². The molecule has 27 heavy (non-hydrogen) atoms. The molecule has 0 N–H and O–H groups in total. The summed E-state index contributed by atoms with van der Waals surface area (Å²) in [5, 5.41) is 0.709. The average molecular weight is 390 g/mol. The highest BCUT2D eigenvalue weighted by Gasteiger charge is 2.32. The highest BCUT2D eigenvalue weighted by molar-refractivity contribution is 6.30. The van der Waals surface area contributed by atoms with E-state index in [2.05, 4.69) is 18.7 Å². The van der Waals surface area contributed by atoms with Gasteiger partial charge in [0.05, 0.1) is 13.2 Å². The summed E-state index contributed by atoms with van der Waals surface area (Å²) in [7, 11) is 0. The van der Waals surface area contributed by atoms with Crippen LogP contribution in [0.15, 0.2) is 48.5 Å². The second-order valence-electron chi connectivity index (χ2n) is 6.97. The third-order valence-corrected chi connectivity index (χ3v) is 5.05. The van der Waals surface area contributed by atoms with Crippen molar-refractivity contribution in [3.8, 4) is 11.5 Å². The molecule has 2 aromatic carbocycles. The van der Waals surface area contributed by atoms with E-state index in [1.165, 1.54) is 0 Å². The Kier molecular flexibility index (Phi) is 7.00. The van der Waals surface area contributed by atoms with Crippen LogP contribution in [0.3, 0.4) is 0 Å². The van der Waals surface area contributed by atoms with E-state index in [9.17, 15) is 0 Å².